The van der Waals surface area contributed by atoms with Crippen LogP contribution in [0, 0.1) is 5.41 Å². The molecule has 0 bridgehead atoms. The van der Waals surface area contributed by atoms with Gasteiger partial charge in [0.05, 0.1) is 16.9 Å². The third-order valence-corrected chi connectivity index (χ3v) is 3.51. The molecule has 0 saturated heterocycles. The maximum Gasteiger partial charge on any atom is 0.237 e. The fourth-order valence-electron chi connectivity index (χ4n) is 1.12. The van der Waals surface area contributed by atoms with Gasteiger partial charge in [-0.3, -0.25) is 4.79 Å². The molecule has 1 atom stereocenters. The average Bonchev–Trinajstić information content (AvgIpc) is 2.58. The van der Waals surface area contributed by atoms with Crippen molar-refractivity contribution in [2.24, 2.45) is 11.1 Å². The van der Waals surface area contributed by atoms with Crippen LogP contribution < -0.4 is 11.1 Å². The molecule has 1 aromatic rings. The van der Waals surface area contributed by atoms with E-state index in [0.29, 0.717) is 6.54 Å². The van der Waals surface area contributed by atoms with Gasteiger partial charge >= 0.3 is 0 Å². The molecule has 1 aromatic heterocycles. The van der Waals surface area contributed by atoms with Crippen molar-refractivity contribution in [3.63, 3.8) is 0 Å². The second kappa shape index (κ2) is 5.17. The molecule has 0 radical (unpaired) electrons. The van der Waals surface area contributed by atoms with Crippen molar-refractivity contribution in [3.8, 4) is 0 Å². The summed E-state index contributed by atoms with van der Waals surface area (Å²) in [6.07, 6.45) is 0. The molecule has 0 aliphatic heterocycles. The number of thiophene rings is 1. The molecule has 1 heterocycles. The number of nitrogens with one attached hydrogen (secondary N) is 1. The summed E-state index contributed by atoms with van der Waals surface area (Å²) in [5.41, 5.74) is 5.60. The van der Waals surface area contributed by atoms with Gasteiger partial charge in [-0.1, -0.05) is 32.4 Å². The molecule has 1 rings (SSSR count). The topological polar surface area (TPSA) is 55.1 Å². The van der Waals surface area contributed by atoms with E-state index < -0.39 is 6.04 Å². The molecule has 0 fully saturated rings. The predicted molar refractivity (Wildman–Crippen MR) is 68.6 cm³/mol. The summed E-state index contributed by atoms with van der Waals surface area (Å²) >= 11 is 7.25. The second-order valence-electron chi connectivity index (χ2n) is 4.77. The standard InChI is InChI=1S/C11H17ClN2OS/c1-11(2,3)9(13)10(15)14-6-7-4-5-8(12)16-7/h4-5,9H,6,13H2,1-3H3,(H,14,15). The Hall–Kier alpha value is -0.580. The van der Waals surface area contributed by atoms with Crippen LogP contribution in [-0.4, -0.2) is 11.9 Å². The lowest BCUT2D eigenvalue weighted by Gasteiger charge is -2.25. The monoisotopic (exact) mass is 260 g/mol. The van der Waals surface area contributed by atoms with E-state index in [1.807, 2.05) is 32.9 Å². The third-order valence-electron chi connectivity index (χ3n) is 2.28. The van der Waals surface area contributed by atoms with Gasteiger partial charge in [-0.15, -0.1) is 11.3 Å². The molecule has 0 saturated carbocycles. The molecule has 90 valence electrons. The quantitative estimate of drug-likeness (QED) is 0.877. The number of halogens is 1. The number of carbonyl (C=O) groups excluding carboxylic acids is 1. The average molecular weight is 261 g/mol. The molecule has 16 heavy (non-hydrogen) atoms. The van der Waals surface area contributed by atoms with Crippen LogP contribution in [0.15, 0.2) is 12.1 Å². The Morgan fingerprint density at radius 1 is 1.56 bits per heavy atom. The van der Waals surface area contributed by atoms with E-state index in [9.17, 15) is 4.79 Å². The Morgan fingerprint density at radius 2 is 2.19 bits per heavy atom. The van der Waals surface area contributed by atoms with Crippen molar-refractivity contribution in [2.75, 3.05) is 0 Å². The fraction of sp³-hybridized carbons (Fsp3) is 0.545. The van der Waals surface area contributed by atoms with Gasteiger partial charge in [0.25, 0.3) is 0 Å². The molecule has 1 unspecified atom stereocenters. The number of hydrogen-bond donors (Lipinski definition) is 2. The summed E-state index contributed by atoms with van der Waals surface area (Å²) in [6, 6.07) is 3.22. The Kier molecular flexibility index (Phi) is 4.35. The van der Waals surface area contributed by atoms with Crippen LogP contribution in [0.3, 0.4) is 0 Å². The van der Waals surface area contributed by atoms with Crippen molar-refractivity contribution in [2.45, 2.75) is 33.4 Å². The zero-order valence-electron chi connectivity index (χ0n) is 9.71. The lowest BCUT2D eigenvalue weighted by atomic mass is 9.87. The van der Waals surface area contributed by atoms with Crippen LogP contribution in [0.5, 0.6) is 0 Å². The number of carbonyl (C=O) groups is 1. The number of nitrogens with two attached hydrogens (primary N) is 1. The van der Waals surface area contributed by atoms with Crippen LogP contribution in [0.2, 0.25) is 4.34 Å². The van der Waals surface area contributed by atoms with Gasteiger partial charge < -0.3 is 11.1 Å². The molecule has 1 amide bonds. The zero-order chi connectivity index (χ0) is 12.3. The van der Waals surface area contributed by atoms with Gasteiger partial charge in [-0.2, -0.15) is 0 Å². The highest BCUT2D eigenvalue weighted by molar-refractivity contribution is 7.16. The van der Waals surface area contributed by atoms with Gasteiger partial charge in [0.2, 0.25) is 5.91 Å². The fourth-order valence-corrected chi connectivity index (χ4v) is 2.15. The van der Waals surface area contributed by atoms with E-state index in [4.69, 9.17) is 17.3 Å². The van der Waals surface area contributed by atoms with Gasteiger partial charge in [0.15, 0.2) is 0 Å². The van der Waals surface area contributed by atoms with Gasteiger partial charge in [0.1, 0.15) is 0 Å². The van der Waals surface area contributed by atoms with Crippen LogP contribution in [-0.2, 0) is 11.3 Å². The van der Waals surface area contributed by atoms with Gasteiger partial charge in [-0.05, 0) is 17.5 Å². The Balaban J connectivity index is 2.47. The first-order valence-electron chi connectivity index (χ1n) is 5.08. The molecular formula is C11H17ClN2OS. The second-order valence-corrected chi connectivity index (χ2v) is 6.57. The first-order valence-corrected chi connectivity index (χ1v) is 6.27. The summed E-state index contributed by atoms with van der Waals surface area (Å²) in [7, 11) is 0. The van der Waals surface area contributed by atoms with Crippen LogP contribution in [0.4, 0.5) is 0 Å². The van der Waals surface area contributed by atoms with E-state index in [2.05, 4.69) is 5.32 Å². The number of rotatable bonds is 3. The summed E-state index contributed by atoms with van der Waals surface area (Å²) in [6.45, 7) is 6.32. The van der Waals surface area contributed by atoms with E-state index in [1.165, 1.54) is 11.3 Å². The minimum absolute atomic E-state index is 0.128. The Morgan fingerprint density at radius 3 is 2.62 bits per heavy atom. The predicted octanol–water partition coefficient (Wildman–Crippen LogP) is 2.39. The first kappa shape index (κ1) is 13.5. The Bertz CT molecular complexity index is 370. The van der Waals surface area contributed by atoms with Crippen molar-refractivity contribution in [3.05, 3.63) is 21.3 Å². The largest absolute Gasteiger partial charge is 0.350 e. The minimum Gasteiger partial charge on any atom is -0.350 e. The van der Waals surface area contributed by atoms with Crippen LogP contribution >= 0.6 is 22.9 Å². The number of amides is 1. The zero-order valence-corrected chi connectivity index (χ0v) is 11.3. The minimum atomic E-state index is -0.497. The summed E-state index contributed by atoms with van der Waals surface area (Å²) < 4.78 is 0.726. The van der Waals surface area contributed by atoms with E-state index >= 15 is 0 Å². The van der Waals surface area contributed by atoms with Crippen molar-refractivity contribution in [1.82, 2.24) is 5.32 Å². The summed E-state index contributed by atoms with van der Waals surface area (Å²) in [4.78, 5) is 12.7. The van der Waals surface area contributed by atoms with Crippen LogP contribution in [0.25, 0.3) is 0 Å². The highest BCUT2D eigenvalue weighted by Crippen LogP contribution is 2.21. The third kappa shape index (κ3) is 3.77. The molecule has 0 spiro atoms. The Labute approximate surface area is 105 Å². The molecule has 0 aliphatic carbocycles. The molecule has 0 aliphatic rings. The van der Waals surface area contributed by atoms with E-state index in [-0.39, 0.29) is 11.3 Å². The van der Waals surface area contributed by atoms with Crippen molar-refractivity contribution in [1.29, 1.82) is 0 Å². The number of hydrogen-bond acceptors (Lipinski definition) is 3. The smallest absolute Gasteiger partial charge is 0.237 e. The van der Waals surface area contributed by atoms with Gasteiger partial charge in [0, 0.05) is 4.88 Å². The summed E-state index contributed by atoms with van der Waals surface area (Å²) in [5, 5.41) is 2.81. The first-order chi connectivity index (χ1) is 7.30. The maximum absolute atomic E-state index is 11.7. The van der Waals surface area contributed by atoms with Crippen molar-refractivity contribution < 1.29 is 4.79 Å². The van der Waals surface area contributed by atoms with Crippen molar-refractivity contribution >= 4 is 28.8 Å². The van der Waals surface area contributed by atoms with E-state index in [0.717, 1.165) is 9.21 Å². The van der Waals surface area contributed by atoms with Gasteiger partial charge in [-0.25, -0.2) is 0 Å². The van der Waals surface area contributed by atoms with E-state index in [1.54, 1.807) is 0 Å². The highest BCUT2D eigenvalue weighted by atomic mass is 35.5. The molecule has 0 aromatic carbocycles. The molecule has 5 heteroatoms. The van der Waals surface area contributed by atoms with Crippen LogP contribution in [0.1, 0.15) is 25.6 Å². The molecular weight excluding hydrogens is 244 g/mol. The lowest BCUT2D eigenvalue weighted by Crippen LogP contribution is -2.48. The lowest BCUT2D eigenvalue weighted by molar-refractivity contribution is -0.124. The summed E-state index contributed by atoms with van der Waals surface area (Å²) in [5.74, 6) is -0.128. The molecule has 3 nitrogen and oxygen atoms in total. The SMILES string of the molecule is CC(C)(C)C(N)C(=O)NCc1ccc(Cl)s1. The maximum atomic E-state index is 11.7. The highest BCUT2D eigenvalue weighted by Gasteiger charge is 2.27. The molecule has 3 N–H and O–H groups in total. The normalized spacial score (nSPS) is 13.6.